The van der Waals surface area contributed by atoms with Crippen molar-refractivity contribution in [3.8, 4) is 0 Å². The maximum Gasteiger partial charge on any atom is 0.332 e. The number of aryl methyl sites for hydroxylation is 1. The molecule has 1 aliphatic rings. The average molecular weight is 342 g/mol. The molecule has 1 atom stereocenters. The van der Waals surface area contributed by atoms with Crippen molar-refractivity contribution in [1.82, 2.24) is 9.13 Å². The van der Waals surface area contributed by atoms with Crippen LogP contribution in [-0.2, 0) is 25.3 Å². The van der Waals surface area contributed by atoms with Crippen LogP contribution >= 0.6 is 0 Å². The third-order valence-corrected chi connectivity index (χ3v) is 4.95. The lowest BCUT2D eigenvalue weighted by Crippen LogP contribution is -2.40. The van der Waals surface area contributed by atoms with Crippen LogP contribution < -0.4 is 22.3 Å². The summed E-state index contributed by atoms with van der Waals surface area (Å²) >= 11 is 0. The van der Waals surface area contributed by atoms with Crippen molar-refractivity contribution < 1.29 is 4.79 Å². The average Bonchev–Trinajstić information content (AvgIpc) is 3.03. The van der Waals surface area contributed by atoms with Crippen molar-refractivity contribution in [2.24, 2.45) is 14.1 Å². The summed E-state index contributed by atoms with van der Waals surface area (Å²) in [6, 6.07) is 8.30. The first kappa shape index (κ1) is 17.0. The number of hydrogen-bond acceptors (Lipinski definition) is 4. The van der Waals surface area contributed by atoms with Gasteiger partial charge in [-0.1, -0.05) is 24.3 Å². The molecule has 0 saturated heterocycles. The third-order valence-electron chi connectivity index (χ3n) is 4.95. The van der Waals surface area contributed by atoms with Gasteiger partial charge in [-0.25, -0.2) is 4.79 Å². The Kier molecular flexibility index (Phi) is 4.48. The summed E-state index contributed by atoms with van der Waals surface area (Å²) in [7, 11) is 2.82. The fourth-order valence-electron chi connectivity index (χ4n) is 3.43. The quantitative estimate of drug-likeness (QED) is 0.869. The number of nitrogens with zero attached hydrogens (tertiary/aromatic N) is 2. The second-order valence-electron chi connectivity index (χ2n) is 6.49. The van der Waals surface area contributed by atoms with Gasteiger partial charge in [0, 0.05) is 20.5 Å². The SMILES string of the molecule is Cn1c(N)c(NC(=O)CCC2CCc3ccccc32)c(=O)n(C)c1=O. The first-order chi connectivity index (χ1) is 11.9. The number of aromatic nitrogens is 2. The van der Waals surface area contributed by atoms with Crippen LogP contribution in [0.3, 0.4) is 0 Å². The summed E-state index contributed by atoms with van der Waals surface area (Å²) in [4.78, 5) is 36.3. The molecule has 1 heterocycles. The number of benzene rings is 1. The molecule has 132 valence electrons. The van der Waals surface area contributed by atoms with Gasteiger partial charge in [0.05, 0.1) is 0 Å². The van der Waals surface area contributed by atoms with E-state index in [1.54, 1.807) is 0 Å². The number of rotatable bonds is 4. The van der Waals surface area contributed by atoms with Crippen LogP contribution in [0, 0.1) is 0 Å². The van der Waals surface area contributed by atoms with Gasteiger partial charge < -0.3 is 11.1 Å². The summed E-state index contributed by atoms with van der Waals surface area (Å²) in [6.45, 7) is 0. The van der Waals surface area contributed by atoms with E-state index in [2.05, 4.69) is 17.4 Å². The molecular weight excluding hydrogens is 320 g/mol. The summed E-state index contributed by atoms with van der Waals surface area (Å²) in [5.41, 5.74) is 7.32. The van der Waals surface area contributed by atoms with Crippen LogP contribution in [0.2, 0.25) is 0 Å². The number of fused-ring (bicyclic) bond motifs is 1. The molecule has 0 spiro atoms. The van der Waals surface area contributed by atoms with Gasteiger partial charge in [0.1, 0.15) is 11.5 Å². The minimum Gasteiger partial charge on any atom is -0.383 e. The van der Waals surface area contributed by atoms with Crippen LogP contribution in [0.5, 0.6) is 0 Å². The normalized spacial score (nSPS) is 15.8. The Bertz CT molecular complexity index is 942. The zero-order valence-electron chi connectivity index (χ0n) is 14.4. The molecule has 3 N–H and O–H groups in total. The summed E-state index contributed by atoms with van der Waals surface area (Å²) in [6.07, 6.45) is 3.09. The van der Waals surface area contributed by atoms with Crippen molar-refractivity contribution in [2.45, 2.75) is 31.6 Å². The van der Waals surface area contributed by atoms with Crippen molar-refractivity contribution in [2.75, 3.05) is 11.1 Å². The van der Waals surface area contributed by atoms with Crippen molar-refractivity contribution in [3.63, 3.8) is 0 Å². The Morgan fingerprint density at radius 1 is 1.24 bits per heavy atom. The number of hydrogen-bond donors (Lipinski definition) is 2. The van der Waals surface area contributed by atoms with Gasteiger partial charge >= 0.3 is 5.69 Å². The van der Waals surface area contributed by atoms with Crippen LogP contribution in [-0.4, -0.2) is 15.0 Å². The smallest absolute Gasteiger partial charge is 0.332 e. The standard InChI is InChI=1S/C18H22N4O3/c1-21-16(19)15(17(24)22(2)18(21)25)20-14(23)10-9-12-8-7-11-5-3-4-6-13(11)12/h3-6,12H,7-10,19H2,1-2H3,(H,20,23). The van der Waals surface area contributed by atoms with Gasteiger partial charge in [0.2, 0.25) is 5.91 Å². The van der Waals surface area contributed by atoms with Crippen LogP contribution in [0.4, 0.5) is 11.5 Å². The highest BCUT2D eigenvalue weighted by Crippen LogP contribution is 2.35. The molecule has 0 saturated carbocycles. The highest BCUT2D eigenvalue weighted by atomic mass is 16.2. The van der Waals surface area contributed by atoms with E-state index in [9.17, 15) is 14.4 Å². The molecule has 0 fully saturated rings. The number of nitrogens with two attached hydrogens (primary N) is 1. The molecule has 0 aliphatic heterocycles. The van der Waals surface area contributed by atoms with Crippen LogP contribution in [0.25, 0.3) is 0 Å². The molecule has 2 aromatic rings. The molecule has 0 bridgehead atoms. The zero-order valence-corrected chi connectivity index (χ0v) is 14.4. The van der Waals surface area contributed by atoms with E-state index in [1.807, 2.05) is 12.1 Å². The Balaban J connectivity index is 1.71. The first-order valence-corrected chi connectivity index (χ1v) is 8.33. The van der Waals surface area contributed by atoms with Crippen molar-refractivity contribution in [1.29, 1.82) is 0 Å². The maximum absolute atomic E-state index is 12.3. The molecule has 1 aromatic heterocycles. The number of amides is 1. The highest BCUT2D eigenvalue weighted by Gasteiger charge is 2.23. The predicted octanol–water partition coefficient (Wildman–Crippen LogP) is 1.11. The number of nitrogens with one attached hydrogen (secondary N) is 1. The van der Waals surface area contributed by atoms with Crippen LogP contribution in [0.1, 0.15) is 36.3 Å². The Morgan fingerprint density at radius 2 is 1.96 bits per heavy atom. The molecule has 7 heteroatoms. The van der Waals surface area contributed by atoms with E-state index in [-0.39, 0.29) is 17.4 Å². The van der Waals surface area contributed by atoms with Crippen molar-refractivity contribution in [3.05, 3.63) is 56.2 Å². The lowest BCUT2D eigenvalue weighted by atomic mass is 9.96. The van der Waals surface area contributed by atoms with E-state index in [0.29, 0.717) is 12.3 Å². The van der Waals surface area contributed by atoms with Gasteiger partial charge in [0.15, 0.2) is 0 Å². The molecule has 7 nitrogen and oxygen atoms in total. The molecule has 3 rings (SSSR count). The van der Waals surface area contributed by atoms with E-state index < -0.39 is 11.2 Å². The predicted molar refractivity (Wildman–Crippen MR) is 96.7 cm³/mol. The monoisotopic (exact) mass is 342 g/mol. The van der Waals surface area contributed by atoms with E-state index in [1.165, 1.54) is 25.2 Å². The molecule has 1 unspecified atom stereocenters. The van der Waals surface area contributed by atoms with Gasteiger partial charge in [-0.05, 0) is 36.3 Å². The second-order valence-corrected chi connectivity index (χ2v) is 6.49. The summed E-state index contributed by atoms with van der Waals surface area (Å²) in [5.74, 6) is 0.0572. The largest absolute Gasteiger partial charge is 0.383 e. The minimum atomic E-state index is -0.597. The zero-order chi connectivity index (χ0) is 18.1. The molecule has 0 radical (unpaired) electrons. The number of carbonyl (C=O) groups is 1. The Labute approximate surface area is 145 Å². The highest BCUT2D eigenvalue weighted by molar-refractivity contribution is 5.93. The second kappa shape index (κ2) is 6.58. The van der Waals surface area contributed by atoms with E-state index in [4.69, 9.17) is 5.73 Å². The molecule has 1 aromatic carbocycles. The third kappa shape index (κ3) is 3.09. The summed E-state index contributed by atoms with van der Waals surface area (Å²) < 4.78 is 2.07. The molecule has 25 heavy (non-hydrogen) atoms. The Hall–Kier alpha value is -2.83. The fourth-order valence-corrected chi connectivity index (χ4v) is 3.43. The topological polar surface area (TPSA) is 99.1 Å². The molecule has 1 aliphatic carbocycles. The van der Waals surface area contributed by atoms with E-state index >= 15 is 0 Å². The first-order valence-electron chi connectivity index (χ1n) is 8.33. The van der Waals surface area contributed by atoms with Gasteiger partial charge in [-0.2, -0.15) is 0 Å². The maximum atomic E-state index is 12.3. The lowest BCUT2D eigenvalue weighted by Gasteiger charge is -2.14. The van der Waals surface area contributed by atoms with Crippen LogP contribution in [0.15, 0.2) is 33.9 Å². The fraction of sp³-hybridized carbons (Fsp3) is 0.389. The lowest BCUT2D eigenvalue weighted by molar-refractivity contribution is -0.116. The van der Waals surface area contributed by atoms with Gasteiger partial charge in [0.25, 0.3) is 5.56 Å². The molecular formula is C18H22N4O3. The minimum absolute atomic E-state index is 0.0346. The van der Waals surface area contributed by atoms with Gasteiger partial charge in [-0.15, -0.1) is 0 Å². The number of carbonyl (C=O) groups excluding carboxylic acids is 1. The van der Waals surface area contributed by atoms with E-state index in [0.717, 1.165) is 28.4 Å². The summed E-state index contributed by atoms with van der Waals surface area (Å²) in [5, 5.41) is 2.58. The Morgan fingerprint density at radius 3 is 2.72 bits per heavy atom. The van der Waals surface area contributed by atoms with Gasteiger partial charge in [-0.3, -0.25) is 18.7 Å². The molecule has 1 amide bonds. The number of nitrogen functional groups attached to an aromatic ring is 1. The number of anilines is 2. The van der Waals surface area contributed by atoms with Crippen molar-refractivity contribution >= 4 is 17.4 Å².